The standard InChI is InChI=1S/C22H19ClFNO2/c23-19-10-11-21(24)20(12-19)22(26)25-13-16-6-8-18(9-7-16)15-27-14-17-4-2-1-3-5-17/h1-12H,13-15H2,(H,25,26). The third-order valence-corrected chi connectivity index (χ3v) is 4.26. The summed E-state index contributed by atoms with van der Waals surface area (Å²) in [5.74, 6) is -1.09. The van der Waals surface area contributed by atoms with Gasteiger partial charge in [-0.2, -0.15) is 0 Å². The van der Waals surface area contributed by atoms with Crippen LogP contribution in [0, 0.1) is 5.82 Å². The number of ether oxygens (including phenoxy) is 1. The number of amides is 1. The molecule has 0 spiro atoms. The summed E-state index contributed by atoms with van der Waals surface area (Å²) in [6, 6.07) is 21.6. The van der Waals surface area contributed by atoms with Gasteiger partial charge in [-0.05, 0) is 34.9 Å². The molecule has 5 heteroatoms. The Morgan fingerprint density at radius 2 is 1.52 bits per heavy atom. The van der Waals surface area contributed by atoms with Crippen molar-refractivity contribution in [2.24, 2.45) is 0 Å². The number of carbonyl (C=O) groups is 1. The summed E-state index contributed by atoms with van der Waals surface area (Å²) in [5, 5.41) is 3.02. The Kier molecular flexibility index (Phi) is 6.58. The highest BCUT2D eigenvalue weighted by Crippen LogP contribution is 2.15. The molecule has 3 aromatic carbocycles. The molecule has 138 valence electrons. The van der Waals surface area contributed by atoms with Crippen LogP contribution in [0.2, 0.25) is 5.02 Å². The van der Waals surface area contributed by atoms with E-state index in [1.807, 2.05) is 54.6 Å². The van der Waals surface area contributed by atoms with E-state index in [0.29, 0.717) is 24.8 Å². The SMILES string of the molecule is O=C(NCc1ccc(COCc2ccccc2)cc1)c1cc(Cl)ccc1F. The Morgan fingerprint density at radius 3 is 2.22 bits per heavy atom. The summed E-state index contributed by atoms with van der Waals surface area (Å²) in [6.07, 6.45) is 0. The zero-order valence-corrected chi connectivity index (χ0v) is 15.4. The Morgan fingerprint density at radius 1 is 0.889 bits per heavy atom. The fourth-order valence-electron chi connectivity index (χ4n) is 2.56. The Labute approximate surface area is 162 Å². The summed E-state index contributed by atoms with van der Waals surface area (Å²) >= 11 is 5.82. The maximum atomic E-state index is 13.7. The lowest BCUT2D eigenvalue weighted by Crippen LogP contribution is -2.23. The molecule has 0 bridgehead atoms. The third-order valence-electron chi connectivity index (χ3n) is 4.03. The van der Waals surface area contributed by atoms with E-state index in [1.165, 1.54) is 18.2 Å². The summed E-state index contributed by atoms with van der Waals surface area (Å²) < 4.78 is 19.4. The van der Waals surface area contributed by atoms with Crippen LogP contribution in [0.1, 0.15) is 27.0 Å². The first-order valence-electron chi connectivity index (χ1n) is 8.54. The number of rotatable bonds is 7. The highest BCUT2D eigenvalue weighted by atomic mass is 35.5. The zero-order chi connectivity index (χ0) is 19.1. The van der Waals surface area contributed by atoms with E-state index in [2.05, 4.69) is 5.32 Å². The average Bonchev–Trinajstić information content (AvgIpc) is 2.70. The van der Waals surface area contributed by atoms with Crippen LogP contribution in [0.3, 0.4) is 0 Å². The van der Waals surface area contributed by atoms with E-state index in [9.17, 15) is 9.18 Å². The van der Waals surface area contributed by atoms with Crippen molar-refractivity contribution in [3.05, 3.63) is 106 Å². The maximum absolute atomic E-state index is 13.7. The fraction of sp³-hybridized carbons (Fsp3) is 0.136. The van der Waals surface area contributed by atoms with Crippen LogP contribution in [-0.4, -0.2) is 5.91 Å². The molecule has 27 heavy (non-hydrogen) atoms. The molecule has 0 aliphatic carbocycles. The number of hydrogen-bond acceptors (Lipinski definition) is 2. The van der Waals surface area contributed by atoms with E-state index in [0.717, 1.165) is 16.7 Å². The first kappa shape index (κ1) is 19.1. The molecule has 3 nitrogen and oxygen atoms in total. The number of halogens is 2. The van der Waals surface area contributed by atoms with Crippen molar-refractivity contribution < 1.29 is 13.9 Å². The van der Waals surface area contributed by atoms with Gasteiger partial charge in [-0.1, -0.05) is 66.2 Å². The summed E-state index contributed by atoms with van der Waals surface area (Å²) in [4.78, 5) is 12.1. The summed E-state index contributed by atoms with van der Waals surface area (Å²) in [6.45, 7) is 1.37. The lowest BCUT2D eigenvalue weighted by atomic mass is 10.1. The third kappa shape index (κ3) is 5.64. The second-order valence-electron chi connectivity index (χ2n) is 6.10. The molecule has 3 aromatic rings. The van der Waals surface area contributed by atoms with Gasteiger partial charge in [-0.3, -0.25) is 4.79 Å². The predicted octanol–water partition coefficient (Wildman–Crippen LogP) is 5.13. The monoisotopic (exact) mass is 383 g/mol. The first-order valence-corrected chi connectivity index (χ1v) is 8.92. The molecule has 1 amide bonds. The van der Waals surface area contributed by atoms with Gasteiger partial charge in [0.1, 0.15) is 5.82 Å². The van der Waals surface area contributed by atoms with Crippen LogP contribution in [0.4, 0.5) is 4.39 Å². The number of carbonyl (C=O) groups excluding carboxylic acids is 1. The molecule has 0 unspecified atom stereocenters. The van der Waals surface area contributed by atoms with Crippen molar-refractivity contribution in [2.45, 2.75) is 19.8 Å². The Hall–Kier alpha value is -2.69. The maximum Gasteiger partial charge on any atom is 0.254 e. The van der Waals surface area contributed by atoms with Gasteiger partial charge in [0.2, 0.25) is 0 Å². The Balaban J connectivity index is 1.49. The van der Waals surface area contributed by atoms with Crippen molar-refractivity contribution in [1.82, 2.24) is 5.32 Å². The zero-order valence-electron chi connectivity index (χ0n) is 14.6. The minimum atomic E-state index is -0.595. The van der Waals surface area contributed by atoms with E-state index in [-0.39, 0.29) is 5.56 Å². The summed E-state index contributed by atoms with van der Waals surface area (Å²) in [7, 11) is 0. The topological polar surface area (TPSA) is 38.3 Å². The molecule has 0 radical (unpaired) electrons. The fourth-order valence-corrected chi connectivity index (χ4v) is 2.74. The molecule has 3 rings (SSSR count). The molecule has 0 aliphatic heterocycles. The molecular formula is C22H19ClFNO2. The van der Waals surface area contributed by atoms with Gasteiger partial charge in [0.15, 0.2) is 0 Å². The molecule has 1 N–H and O–H groups in total. The quantitative estimate of drug-likeness (QED) is 0.614. The van der Waals surface area contributed by atoms with Crippen LogP contribution in [0.5, 0.6) is 0 Å². The number of nitrogens with one attached hydrogen (secondary N) is 1. The molecule has 0 fully saturated rings. The van der Waals surface area contributed by atoms with Gasteiger partial charge in [0.25, 0.3) is 5.91 Å². The van der Waals surface area contributed by atoms with Crippen molar-refractivity contribution in [1.29, 1.82) is 0 Å². The normalized spacial score (nSPS) is 10.6. The molecule has 0 saturated carbocycles. The largest absolute Gasteiger partial charge is 0.372 e. The van der Waals surface area contributed by atoms with Crippen LogP contribution in [-0.2, 0) is 24.5 Å². The van der Waals surface area contributed by atoms with Crippen molar-refractivity contribution >= 4 is 17.5 Å². The molecule has 0 saturated heterocycles. The average molecular weight is 384 g/mol. The molecule has 0 atom stereocenters. The first-order chi connectivity index (χ1) is 13.1. The second-order valence-corrected chi connectivity index (χ2v) is 6.54. The smallest absolute Gasteiger partial charge is 0.254 e. The highest BCUT2D eigenvalue weighted by Gasteiger charge is 2.11. The summed E-state index contributed by atoms with van der Waals surface area (Å²) in [5.41, 5.74) is 3.03. The number of benzene rings is 3. The minimum Gasteiger partial charge on any atom is -0.372 e. The van der Waals surface area contributed by atoms with Gasteiger partial charge in [0, 0.05) is 11.6 Å². The lowest BCUT2D eigenvalue weighted by molar-refractivity contribution is 0.0946. The van der Waals surface area contributed by atoms with Crippen molar-refractivity contribution in [3.8, 4) is 0 Å². The molecule has 0 aromatic heterocycles. The van der Waals surface area contributed by atoms with Crippen LogP contribution in [0.25, 0.3) is 0 Å². The number of hydrogen-bond donors (Lipinski definition) is 1. The van der Waals surface area contributed by atoms with Gasteiger partial charge in [0.05, 0.1) is 18.8 Å². The van der Waals surface area contributed by atoms with Crippen LogP contribution < -0.4 is 5.32 Å². The van der Waals surface area contributed by atoms with E-state index < -0.39 is 11.7 Å². The highest BCUT2D eigenvalue weighted by molar-refractivity contribution is 6.31. The molecule has 0 heterocycles. The Bertz CT molecular complexity index is 898. The minimum absolute atomic E-state index is 0.0616. The van der Waals surface area contributed by atoms with Gasteiger partial charge < -0.3 is 10.1 Å². The predicted molar refractivity (Wildman–Crippen MR) is 104 cm³/mol. The molecule has 0 aliphatic rings. The van der Waals surface area contributed by atoms with E-state index in [4.69, 9.17) is 16.3 Å². The van der Waals surface area contributed by atoms with Crippen molar-refractivity contribution in [2.75, 3.05) is 0 Å². The van der Waals surface area contributed by atoms with Crippen LogP contribution in [0.15, 0.2) is 72.8 Å². The van der Waals surface area contributed by atoms with Gasteiger partial charge in [-0.25, -0.2) is 4.39 Å². The van der Waals surface area contributed by atoms with E-state index >= 15 is 0 Å². The van der Waals surface area contributed by atoms with Crippen LogP contribution >= 0.6 is 11.6 Å². The van der Waals surface area contributed by atoms with Gasteiger partial charge in [-0.15, -0.1) is 0 Å². The molecular weight excluding hydrogens is 365 g/mol. The van der Waals surface area contributed by atoms with Gasteiger partial charge >= 0.3 is 0 Å². The van der Waals surface area contributed by atoms with Crippen molar-refractivity contribution in [3.63, 3.8) is 0 Å². The van der Waals surface area contributed by atoms with E-state index in [1.54, 1.807) is 0 Å². The lowest BCUT2D eigenvalue weighted by Gasteiger charge is -2.08. The second kappa shape index (κ2) is 9.31.